The van der Waals surface area contributed by atoms with Crippen LogP contribution in [0.5, 0.6) is 0 Å². The van der Waals surface area contributed by atoms with Crippen molar-refractivity contribution in [2.45, 2.75) is 33.5 Å². The highest BCUT2D eigenvalue weighted by Gasteiger charge is 2.10. The lowest BCUT2D eigenvalue weighted by Crippen LogP contribution is -2.21. The van der Waals surface area contributed by atoms with E-state index in [0.29, 0.717) is 5.92 Å². The van der Waals surface area contributed by atoms with Gasteiger partial charge in [-0.3, -0.25) is 9.88 Å². The van der Waals surface area contributed by atoms with Crippen molar-refractivity contribution in [2.24, 2.45) is 5.92 Å². The van der Waals surface area contributed by atoms with Crippen LogP contribution in [0.4, 0.5) is 0 Å². The fourth-order valence-corrected chi connectivity index (χ4v) is 2.26. The van der Waals surface area contributed by atoms with Crippen molar-refractivity contribution in [3.8, 4) is 0 Å². The van der Waals surface area contributed by atoms with Crippen LogP contribution in [0.25, 0.3) is 0 Å². The summed E-state index contributed by atoms with van der Waals surface area (Å²) >= 11 is 0. The molecule has 4 nitrogen and oxygen atoms in total. The highest BCUT2D eigenvalue weighted by Crippen LogP contribution is 2.14. The Hall–Kier alpha value is -1.65. The van der Waals surface area contributed by atoms with Gasteiger partial charge in [-0.1, -0.05) is 19.9 Å². The number of hydrogen-bond acceptors (Lipinski definition) is 4. The predicted molar refractivity (Wildman–Crippen MR) is 84.7 cm³/mol. The first-order valence-electron chi connectivity index (χ1n) is 7.48. The summed E-state index contributed by atoms with van der Waals surface area (Å²) in [4.78, 5) is 6.39. The number of furan rings is 1. The number of rotatable bonds is 8. The van der Waals surface area contributed by atoms with Crippen LogP contribution >= 0.6 is 0 Å². The van der Waals surface area contributed by atoms with E-state index in [4.69, 9.17) is 4.42 Å². The lowest BCUT2D eigenvalue weighted by atomic mass is 10.2. The zero-order valence-corrected chi connectivity index (χ0v) is 13.2. The molecule has 2 aromatic rings. The van der Waals surface area contributed by atoms with Crippen LogP contribution in [0.2, 0.25) is 0 Å². The molecule has 0 spiro atoms. The topological polar surface area (TPSA) is 41.3 Å². The van der Waals surface area contributed by atoms with Gasteiger partial charge >= 0.3 is 0 Å². The third-order valence-electron chi connectivity index (χ3n) is 3.29. The molecule has 1 N–H and O–H groups in total. The van der Waals surface area contributed by atoms with Gasteiger partial charge in [-0.05, 0) is 37.2 Å². The van der Waals surface area contributed by atoms with E-state index in [1.165, 1.54) is 11.1 Å². The van der Waals surface area contributed by atoms with Crippen LogP contribution in [-0.2, 0) is 19.6 Å². The highest BCUT2D eigenvalue weighted by molar-refractivity contribution is 5.17. The molecule has 2 aromatic heterocycles. The van der Waals surface area contributed by atoms with Gasteiger partial charge in [0, 0.05) is 31.0 Å². The number of hydrogen-bond donors (Lipinski definition) is 1. The zero-order chi connectivity index (χ0) is 15.1. The van der Waals surface area contributed by atoms with Crippen molar-refractivity contribution >= 4 is 0 Å². The van der Waals surface area contributed by atoms with E-state index in [-0.39, 0.29) is 0 Å². The molecular weight excluding hydrogens is 262 g/mol. The van der Waals surface area contributed by atoms with Crippen molar-refractivity contribution < 1.29 is 4.42 Å². The predicted octanol–water partition coefficient (Wildman–Crippen LogP) is 3.05. The van der Waals surface area contributed by atoms with Gasteiger partial charge in [-0.2, -0.15) is 0 Å². The molecule has 0 radical (unpaired) electrons. The van der Waals surface area contributed by atoms with Crippen molar-refractivity contribution in [3.63, 3.8) is 0 Å². The average Bonchev–Trinajstić information content (AvgIpc) is 2.87. The molecule has 0 saturated heterocycles. The first-order chi connectivity index (χ1) is 10.1. The van der Waals surface area contributed by atoms with Crippen molar-refractivity contribution in [1.82, 2.24) is 15.2 Å². The molecule has 0 unspecified atom stereocenters. The summed E-state index contributed by atoms with van der Waals surface area (Å²) < 4.78 is 5.63. The van der Waals surface area contributed by atoms with Crippen LogP contribution in [0.1, 0.15) is 30.7 Å². The minimum Gasteiger partial charge on any atom is -0.468 e. The van der Waals surface area contributed by atoms with Crippen LogP contribution in [0, 0.1) is 5.92 Å². The third kappa shape index (κ3) is 5.33. The maximum absolute atomic E-state index is 5.63. The molecule has 0 aliphatic rings. The summed E-state index contributed by atoms with van der Waals surface area (Å²) in [7, 11) is 2.10. The summed E-state index contributed by atoms with van der Waals surface area (Å²) in [5.74, 6) is 1.70. The second-order valence-corrected chi connectivity index (χ2v) is 5.93. The molecule has 21 heavy (non-hydrogen) atoms. The molecule has 0 saturated carbocycles. The Morgan fingerprint density at radius 3 is 2.86 bits per heavy atom. The van der Waals surface area contributed by atoms with Crippen molar-refractivity contribution in [3.05, 3.63) is 53.7 Å². The van der Waals surface area contributed by atoms with Gasteiger partial charge in [-0.25, -0.2) is 0 Å². The summed E-state index contributed by atoms with van der Waals surface area (Å²) in [5.41, 5.74) is 2.46. The summed E-state index contributed by atoms with van der Waals surface area (Å²) in [6, 6.07) is 6.12. The van der Waals surface area contributed by atoms with E-state index in [2.05, 4.69) is 48.2 Å². The van der Waals surface area contributed by atoms with E-state index in [9.17, 15) is 0 Å². The molecule has 0 bridgehead atoms. The number of pyridine rings is 1. The lowest BCUT2D eigenvalue weighted by Gasteiger charge is -2.16. The van der Waals surface area contributed by atoms with Gasteiger partial charge in [0.15, 0.2) is 0 Å². The summed E-state index contributed by atoms with van der Waals surface area (Å²) in [5, 5.41) is 3.46. The molecule has 0 fully saturated rings. The van der Waals surface area contributed by atoms with Gasteiger partial charge in [0.1, 0.15) is 5.76 Å². The van der Waals surface area contributed by atoms with E-state index < -0.39 is 0 Å². The Morgan fingerprint density at radius 2 is 2.14 bits per heavy atom. The fourth-order valence-electron chi connectivity index (χ4n) is 2.26. The normalized spacial score (nSPS) is 11.5. The number of nitrogens with one attached hydrogen (secondary N) is 1. The molecule has 0 aromatic carbocycles. The fraction of sp³-hybridized carbons (Fsp3) is 0.471. The van der Waals surface area contributed by atoms with Gasteiger partial charge < -0.3 is 9.73 Å². The van der Waals surface area contributed by atoms with E-state index >= 15 is 0 Å². The molecular formula is C17H25N3O. The second kappa shape index (κ2) is 7.96. The molecule has 0 atom stereocenters. The standard InChI is InChI=1S/C17H25N3O/c1-14(2)9-19-11-16-6-8-21-17(16)13-20(3)12-15-5-4-7-18-10-15/h4-8,10,14,19H,9,11-13H2,1-3H3. The number of nitrogens with zero attached hydrogens (tertiary/aromatic N) is 2. The largest absolute Gasteiger partial charge is 0.468 e. The van der Waals surface area contributed by atoms with Crippen LogP contribution in [0.3, 0.4) is 0 Å². The Labute approximate surface area is 127 Å². The maximum Gasteiger partial charge on any atom is 0.122 e. The van der Waals surface area contributed by atoms with Gasteiger partial charge in [0.2, 0.25) is 0 Å². The molecule has 2 rings (SSSR count). The van der Waals surface area contributed by atoms with E-state index in [1.807, 2.05) is 12.3 Å². The van der Waals surface area contributed by atoms with Crippen molar-refractivity contribution in [1.29, 1.82) is 0 Å². The number of aromatic nitrogens is 1. The monoisotopic (exact) mass is 287 g/mol. The first kappa shape index (κ1) is 15.7. The average molecular weight is 287 g/mol. The molecule has 0 aliphatic carbocycles. The lowest BCUT2D eigenvalue weighted by molar-refractivity contribution is 0.285. The van der Waals surface area contributed by atoms with Gasteiger partial charge in [-0.15, -0.1) is 0 Å². The first-order valence-corrected chi connectivity index (χ1v) is 7.48. The van der Waals surface area contributed by atoms with Crippen molar-refractivity contribution in [2.75, 3.05) is 13.6 Å². The Morgan fingerprint density at radius 1 is 1.29 bits per heavy atom. The van der Waals surface area contributed by atoms with Crippen LogP contribution in [-0.4, -0.2) is 23.5 Å². The molecule has 4 heteroatoms. The van der Waals surface area contributed by atoms with Gasteiger partial charge in [0.25, 0.3) is 0 Å². The van der Waals surface area contributed by atoms with E-state index in [1.54, 1.807) is 12.5 Å². The quantitative estimate of drug-likeness (QED) is 0.810. The van der Waals surface area contributed by atoms with Crippen LogP contribution in [0.15, 0.2) is 41.3 Å². The molecule has 114 valence electrons. The summed E-state index contributed by atoms with van der Waals surface area (Å²) in [6.07, 6.45) is 5.48. The molecule has 2 heterocycles. The second-order valence-electron chi connectivity index (χ2n) is 5.93. The van der Waals surface area contributed by atoms with Crippen LogP contribution < -0.4 is 5.32 Å². The molecule has 0 amide bonds. The Kier molecular flexibility index (Phi) is 5.96. The third-order valence-corrected chi connectivity index (χ3v) is 3.29. The smallest absolute Gasteiger partial charge is 0.122 e. The minimum atomic E-state index is 0.661. The zero-order valence-electron chi connectivity index (χ0n) is 13.2. The van der Waals surface area contributed by atoms with E-state index in [0.717, 1.165) is 31.9 Å². The maximum atomic E-state index is 5.63. The Bertz CT molecular complexity index is 522. The highest BCUT2D eigenvalue weighted by atomic mass is 16.3. The minimum absolute atomic E-state index is 0.661. The van der Waals surface area contributed by atoms with Gasteiger partial charge in [0.05, 0.1) is 12.8 Å². The molecule has 0 aliphatic heterocycles. The summed E-state index contributed by atoms with van der Waals surface area (Å²) in [6.45, 7) is 7.99. The SMILES string of the molecule is CC(C)CNCc1ccoc1CN(C)Cc1cccnc1. The Balaban J connectivity index is 1.86.